The van der Waals surface area contributed by atoms with Gasteiger partial charge < -0.3 is 15.4 Å². The molecule has 0 amide bonds. The van der Waals surface area contributed by atoms with Crippen LogP contribution < -0.4 is 15.4 Å². The monoisotopic (exact) mass is 554 g/mol. The predicted octanol–water partition coefficient (Wildman–Crippen LogP) is 2.30. The van der Waals surface area contributed by atoms with Crippen LogP contribution in [-0.4, -0.2) is 68.7 Å². The third kappa shape index (κ3) is 9.14. The van der Waals surface area contributed by atoms with Gasteiger partial charge in [-0.2, -0.15) is 11.8 Å². The van der Waals surface area contributed by atoms with E-state index in [4.69, 9.17) is 4.74 Å². The molecular weight excluding hydrogens is 523 g/mol. The quantitative estimate of drug-likeness (QED) is 0.200. The summed E-state index contributed by atoms with van der Waals surface area (Å²) in [5, 5.41) is 6.27. The minimum Gasteiger partial charge on any atom is -0.489 e. The fourth-order valence-corrected chi connectivity index (χ4v) is 5.17. The van der Waals surface area contributed by atoms with Crippen molar-refractivity contribution in [2.24, 2.45) is 4.99 Å². The van der Waals surface area contributed by atoms with Crippen molar-refractivity contribution in [1.82, 2.24) is 14.9 Å². The van der Waals surface area contributed by atoms with Crippen molar-refractivity contribution >= 4 is 51.7 Å². The van der Waals surface area contributed by atoms with E-state index in [2.05, 4.69) is 22.2 Å². The molecule has 1 aliphatic heterocycles. The smallest absolute Gasteiger partial charge is 0.215 e. The number of halogens is 1. The van der Waals surface area contributed by atoms with Gasteiger partial charge in [-0.3, -0.25) is 0 Å². The second kappa shape index (κ2) is 14.1. The van der Waals surface area contributed by atoms with Gasteiger partial charge in [0.1, 0.15) is 12.4 Å². The fraction of sp³-hybridized carbons (Fsp3) is 0.526. The number of thioether (sulfide) groups is 1. The maximum atomic E-state index is 12.4. The molecule has 7 nitrogen and oxygen atoms in total. The van der Waals surface area contributed by atoms with Crippen molar-refractivity contribution in [3.05, 3.63) is 42.5 Å². The van der Waals surface area contributed by atoms with Crippen LogP contribution in [-0.2, 0) is 16.6 Å². The maximum Gasteiger partial charge on any atom is 0.215 e. The lowest BCUT2D eigenvalue weighted by molar-refractivity contribution is 0.359. The second-order valence-corrected chi connectivity index (χ2v) is 9.47. The molecule has 0 saturated carbocycles. The van der Waals surface area contributed by atoms with Gasteiger partial charge in [-0.25, -0.2) is 17.7 Å². The van der Waals surface area contributed by atoms with Crippen LogP contribution in [0.3, 0.4) is 0 Å². The Kier molecular flexibility index (Phi) is 12.7. The first-order valence-electron chi connectivity index (χ1n) is 9.46. The predicted molar refractivity (Wildman–Crippen MR) is 133 cm³/mol. The first-order chi connectivity index (χ1) is 13.6. The van der Waals surface area contributed by atoms with Crippen LogP contribution in [0.2, 0.25) is 0 Å². The standard InChI is InChI=1S/C19H30N4O3S2.HI/c1-3-12-26-18-8-6-5-7-17(18)16-22-19(20-4-2)21-9-15-28(24,25)23-10-13-27-14-11-23;/h3,5-8H,1,4,9-16H2,2H3,(H2,20,21,22);1H. The molecule has 0 aliphatic carbocycles. The number of benzene rings is 1. The van der Waals surface area contributed by atoms with Crippen molar-refractivity contribution in [3.8, 4) is 5.75 Å². The molecule has 0 atom stereocenters. The van der Waals surface area contributed by atoms with E-state index in [1.54, 1.807) is 22.1 Å². The molecule has 1 heterocycles. The van der Waals surface area contributed by atoms with Gasteiger partial charge in [-0.15, -0.1) is 24.0 Å². The van der Waals surface area contributed by atoms with Crippen LogP contribution in [0.4, 0.5) is 0 Å². The Morgan fingerprint density at radius 1 is 1.31 bits per heavy atom. The van der Waals surface area contributed by atoms with E-state index in [-0.39, 0.29) is 29.7 Å². The van der Waals surface area contributed by atoms with Crippen molar-refractivity contribution in [2.75, 3.05) is 50.0 Å². The Hall–Kier alpha value is -0.980. The van der Waals surface area contributed by atoms with E-state index in [0.717, 1.165) is 22.8 Å². The van der Waals surface area contributed by atoms with Gasteiger partial charge in [0, 0.05) is 43.2 Å². The molecule has 0 spiro atoms. The average molecular weight is 555 g/mol. The molecule has 10 heteroatoms. The van der Waals surface area contributed by atoms with Gasteiger partial charge in [-0.05, 0) is 13.0 Å². The van der Waals surface area contributed by atoms with Crippen LogP contribution in [0, 0.1) is 0 Å². The van der Waals surface area contributed by atoms with Crippen LogP contribution in [0.25, 0.3) is 0 Å². The molecule has 0 aromatic heterocycles. The minimum absolute atomic E-state index is 0. The molecule has 2 rings (SSSR count). The molecule has 2 N–H and O–H groups in total. The van der Waals surface area contributed by atoms with Crippen molar-refractivity contribution < 1.29 is 13.2 Å². The van der Waals surface area contributed by atoms with Crippen LogP contribution >= 0.6 is 35.7 Å². The first-order valence-corrected chi connectivity index (χ1v) is 12.2. The number of ether oxygens (including phenoxy) is 1. The summed E-state index contributed by atoms with van der Waals surface area (Å²) in [5.74, 6) is 3.15. The van der Waals surface area contributed by atoms with Gasteiger partial charge in [0.15, 0.2) is 5.96 Å². The molecule has 164 valence electrons. The van der Waals surface area contributed by atoms with E-state index in [1.165, 1.54) is 0 Å². The number of sulfonamides is 1. The van der Waals surface area contributed by atoms with E-state index in [0.29, 0.717) is 45.3 Å². The lowest BCUT2D eigenvalue weighted by Gasteiger charge is -2.25. The van der Waals surface area contributed by atoms with E-state index < -0.39 is 10.0 Å². The van der Waals surface area contributed by atoms with Crippen LogP contribution in [0.15, 0.2) is 41.9 Å². The molecule has 0 bridgehead atoms. The zero-order chi connectivity index (χ0) is 20.2. The lowest BCUT2D eigenvalue weighted by atomic mass is 10.2. The van der Waals surface area contributed by atoms with Gasteiger partial charge in [0.2, 0.25) is 10.0 Å². The highest BCUT2D eigenvalue weighted by molar-refractivity contribution is 14.0. The summed E-state index contributed by atoms with van der Waals surface area (Å²) in [6.07, 6.45) is 1.70. The fourth-order valence-electron chi connectivity index (χ4n) is 2.68. The molecule has 1 fully saturated rings. The summed E-state index contributed by atoms with van der Waals surface area (Å²) in [5.41, 5.74) is 0.958. The number of aliphatic imine (C=N–C) groups is 1. The van der Waals surface area contributed by atoms with Crippen molar-refractivity contribution in [3.63, 3.8) is 0 Å². The zero-order valence-corrected chi connectivity index (χ0v) is 20.8. The van der Waals surface area contributed by atoms with E-state index in [1.807, 2.05) is 31.2 Å². The van der Waals surface area contributed by atoms with Crippen molar-refractivity contribution in [2.45, 2.75) is 13.5 Å². The number of hydrogen-bond acceptors (Lipinski definition) is 5. The molecule has 0 unspecified atom stereocenters. The SMILES string of the molecule is C=CCOc1ccccc1CN=C(NCC)NCCS(=O)(=O)N1CCSCC1.I. The normalized spacial score (nSPS) is 15.3. The van der Waals surface area contributed by atoms with Gasteiger partial charge in [0.25, 0.3) is 0 Å². The molecule has 29 heavy (non-hydrogen) atoms. The van der Waals surface area contributed by atoms with Crippen molar-refractivity contribution in [1.29, 1.82) is 0 Å². The molecule has 1 aromatic rings. The number of nitrogens with zero attached hydrogens (tertiary/aromatic N) is 2. The molecular formula is C19H31IN4O3S2. The van der Waals surface area contributed by atoms with Gasteiger partial charge in [-0.1, -0.05) is 30.9 Å². The largest absolute Gasteiger partial charge is 0.489 e. The Morgan fingerprint density at radius 2 is 2.03 bits per heavy atom. The minimum atomic E-state index is -3.23. The summed E-state index contributed by atoms with van der Waals surface area (Å²) < 4.78 is 32.1. The summed E-state index contributed by atoms with van der Waals surface area (Å²) in [4.78, 5) is 4.56. The first kappa shape index (κ1) is 26.1. The Bertz CT molecular complexity index is 754. The maximum absolute atomic E-state index is 12.4. The van der Waals surface area contributed by atoms with Gasteiger partial charge >= 0.3 is 0 Å². The number of nitrogens with one attached hydrogen (secondary N) is 2. The molecule has 1 saturated heterocycles. The number of hydrogen-bond donors (Lipinski definition) is 2. The summed E-state index contributed by atoms with van der Waals surface area (Å²) in [7, 11) is -3.23. The average Bonchev–Trinajstić information content (AvgIpc) is 2.71. The number of para-hydroxylation sites is 1. The van der Waals surface area contributed by atoms with Gasteiger partial charge in [0.05, 0.1) is 12.3 Å². The van der Waals surface area contributed by atoms with E-state index in [9.17, 15) is 8.42 Å². The third-order valence-corrected chi connectivity index (χ3v) is 6.91. The highest BCUT2D eigenvalue weighted by Gasteiger charge is 2.23. The lowest BCUT2D eigenvalue weighted by Crippen LogP contribution is -2.44. The summed E-state index contributed by atoms with van der Waals surface area (Å²) in [6.45, 7) is 8.71. The Labute approximate surface area is 195 Å². The molecule has 1 aromatic carbocycles. The number of guanidine groups is 1. The third-order valence-electron chi connectivity index (χ3n) is 4.10. The Morgan fingerprint density at radius 3 is 2.72 bits per heavy atom. The zero-order valence-electron chi connectivity index (χ0n) is 16.8. The number of rotatable bonds is 10. The Balaban J connectivity index is 0.00000420. The summed E-state index contributed by atoms with van der Waals surface area (Å²) in [6, 6.07) is 7.72. The second-order valence-electron chi connectivity index (χ2n) is 6.16. The topological polar surface area (TPSA) is 83.0 Å². The van der Waals surface area contributed by atoms with Crippen LogP contribution in [0.1, 0.15) is 12.5 Å². The summed E-state index contributed by atoms with van der Waals surface area (Å²) >= 11 is 1.79. The highest BCUT2D eigenvalue weighted by atomic mass is 127. The molecule has 1 aliphatic rings. The van der Waals surface area contributed by atoms with Crippen LogP contribution in [0.5, 0.6) is 5.75 Å². The highest BCUT2D eigenvalue weighted by Crippen LogP contribution is 2.18. The molecule has 0 radical (unpaired) electrons. The van der Waals surface area contributed by atoms with E-state index >= 15 is 0 Å².